The highest BCUT2D eigenvalue weighted by Gasteiger charge is 2.36. The number of hydrogen-bond acceptors (Lipinski definition) is 6. The Kier molecular flexibility index (Phi) is 4.87. The maximum atomic E-state index is 11.8. The van der Waals surface area contributed by atoms with Crippen LogP contribution in [0.3, 0.4) is 0 Å². The highest BCUT2D eigenvalue weighted by atomic mass is 32.2. The quantitative estimate of drug-likeness (QED) is 0.474. The summed E-state index contributed by atoms with van der Waals surface area (Å²) in [6.45, 7) is 1.57. The van der Waals surface area contributed by atoms with Crippen LogP contribution in [0.5, 0.6) is 0 Å². The van der Waals surface area contributed by atoms with E-state index in [1.165, 1.54) is 0 Å². The van der Waals surface area contributed by atoms with Crippen molar-refractivity contribution in [3.63, 3.8) is 0 Å². The number of benzene rings is 2. The fourth-order valence-electron chi connectivity index (χ4n) is 3.37. The number of aromatic amines is 1. The van der Waals surface area contributed by atoms with Gasteiger partial charge in [0.05, 0.1) is 9.85 Å². The third-order valence-corrected chi connectivity index (χ3v) is 5.48. The minimum absolute atomic E-state index is 0.222. The molecule has 146 valence electrons. The van der Waals surface area contributed by atoms with Crippen LogP contribution in [0.2, 0.25) is 0 Å². The van der Waals surface area contributed by atoms with Crippen molar-refractivity contribution in [2.75, 3.05) is 0 Å². The Labute approximate surface area is 159 Å². The Balaban J connectivity index is 2.20. The molecule has 28 heavy (non-hydrogen) atoms. The van der Waals surface area contributed by atoms with Crippen LogP contribution < -0.4 is 5.14 Å². The van der Waals surface area contributed by atoms with Gasteiger partial charge in [0, 0.05) is 23.2 Å². The van der Waals surface area contributed by atoms with Crippen molar-refractivity contribution in [3.05, 3.63) is 74.0 Å². The number of H-pyrrole nitrogens is 1. The highest BCUT2D eigenvalue weighted by Crippen LogP contribution is 2.40. The molecule has 2 aromatic carbocycles. The monoisotopic (exact) mass is 404 g/mol. The number of primary sulfonamides is 1. The van der Waals surface area contributed by atoms with Gasteiger partial charge in [-0.1, -0.05) is 25.1 Å². The topological polar surface area (TPSA) is 162 Å². The molecule has 0 spiro atoms. The molecule has 0 radical (unpaired) electrons. The van der Waals surface area contributed by atoms with Crippen molar-refractivity contribution < 1.29 is 18.3 Å². The van der Waals surface area contributed by atoms with Crippen LogP contribution in [0.15, 0.2) is 47.5 Å². The number of para-hydroxylation sites is 1. The van der Waals surface area contributed by atoms with Crippen molar-refractivity contribution in [1.29, 1.82) is 0 Å². The Bertz CT molecular complexity index is 1200. The zero-order valence-electron chi connectivity index (χ0n) is 14.7. The molecule has 0 amide bonds. The summed E-state index contributed by atoms with van der Waals surface area (Å²) in [4.78, 5) is 23.7. The summed E-state index contributed by atoms with van der Waals surface area (Å²) >= 11 is 0. The van der Waals surface area contributed by atoms with E-state index in [0.29, 0.717) is 0 Å². The first kappa shape index (κ1) is 19.5. The maximum absolute atomic E-state index is 11.8. The predicted molar refractivity (Wildman–Crippen MR) is 102 cm³/mol. The first-order valence-corrected chi connectivity index (χ1v) is 9.69. The fourth-order valence-corrected chi connectivity index (χ4v) is 4.08. The van der Waals surface area contributed by atoms with Gasteiger partial charge in [-0.05, 0) is 30.0 Å². The SMILES string of the molecule is CC(Cc1c[nH]c2ccccc12)c1c([N+](=O)[O-])ccc(S(N)(=O)=O)c1[N+](=O)[O-]. The van der Waals surface area contributed by atoms with Gasteiger partial charge in [-0.25, -0.2) is 13.6 Å². The van der Waals surface area contributed by atoms with Crippen LogP contribution in [0.4, 0.5) is 11.4 Å². The van der Waals surface area contributed by atoms with Crippen molar-refractivity contribution in [1.82, 2.24) is 4.98 Å². The first-order valence-electron chi connectivity index (χ1n) is 8.14. The van der Waals surface area contributed by atoms with E-state index < -0.39 is 42.1 Å². The average molecular weight is 404 g/mol. The Morgan fingerprint density at radius 2 is 1.79 bits per heavy atom. The molecule has 0 aliphatic heterocycles. The third-order valence-electron chi connectivity index (χ3n) is 4.54. The van der Waals surface area contributed by atoms with E-state index in [1.54, 1.807) is 13.1 Å². The lowest BCUT2D eigenvalue weighted by atomic mass is 9.91. The molecule has 0 aliphatic rings. The summed E-state index contributed by atoms with van der Waals surface area (Å²) < 4.78 is 23.6. The molecule has 3 aromatic rings. The smallest absolute Gasteiger partial charge is 0.299 e. The summed E-state index contributed by atoms with van der Waals surface area (Å²) in [6, 6.07) is 9.13. The summed E-state index contributed by atoms with van der Waals surface area (Å²) in [7, 11) is -4.44. The molecule has 1 aromatic heterocycles. The molecule has 0 saturated heterocycles. The second-order valence-corrected chi connectivity index (χ2v) is 7.90. The van der Waals surface area contributed by atoms with E-state index >= 15 is 0 Å². The van der Waals surface area contributed by atoms with Crippen LogP contribution in [0.1, 0.15) is 24.0 Å². The largest absolute Gasteiger partial charge is 0.361 e. The Morgan fingerprint density at radius 3 is 2.39 bits per heavy atom. The third kappa shape index (κ3) is 3.44. The van der Waals surface area contributed by atoms with Gasteiger partial charge in [0.25, 0.3) is 11.4 Å². The van der Waals surface area contributed by atoms with Crippen molar-refractivity contribution in [2.24, 2.45) is 5.14 Å². The number of nitro benzene ring substituents is 2. The summed E-state index contributed by atoms with van der Waals surface area (Å²) in [5.74, 6) is -0.721. The predicted octanol–water partition coefficient (Wildman–Crippen LogP) is 2.98. The molecule has 0 aliphatic carbocycles. The Morgan fingerprint density at radius 1 is 1.11 bits per heavy atom. The van der Waals surface area contributed by atoms with Gasteiger partial charge in [0.15, 0.2) is 4.90 Å². The van der Waals surface area contributed by atoms with Crippen LogP contribution in [0.25, 0.3) is 10.9 Å². The molecule has 11 heteroatoms. The molecule has 0 saturated carbocycles. The van der Waals surface area contributed by atoms with Crippen LogP contribution >= 0.6 is 0 Å². The molecule has 3 rings (SSSR count). The van der Waals surface area contributed by atoms with Crippen molar-refractivity contribution >= 4 is 32.3 Å². The van der Waals surface area contributed by atoms with Gasteiger partial charge in [0.1, 0.15) is 5.56 Å². The number of sulfonamides is 1. The van der Waals surface area contributed by atoms with Gasteiger partial charge in [0.2, 0.25) is 10.0 Å². The van der Waals surface area contributed by atoms with E-state index in [1.807, 2.05) is 24.3 Å². The molecular weight excluding hydrogens is 388 g/mol. The average Bonchev–Trinajstić information content (AvgIpc) is 3.02. The lowest BCUT2D eigenvalue weighted by Crippen LogP contribution is -2.17. The fraction of sp³-hybridized carbons (Fsp3) is 0.176. The number of nitro groups is 2. The van der Waals surface area contributed by atoms with Crippen molar-refractivity contribution in [3.8, 4) is 0 Å². The molecular formula is C17H16N4O6S. The minimum atomic E-state index is -4.44. The molecule has 1 unspecified atom stereocenters. The number of fused-ring (bicyclic) bond motifs is 1. The summed E-state index contributed by atoms with van der Waals surface area (Å²) in [5, 5.41) is 29.1. The van der Waals surface area contributed by atoms with Crippen molar-refractivity contribution in [2.45, 2.75) is 24.2 Å². The lowest BCUT2D eigenvalue weighted by molar-refractivity contribution is -0.397. The number of aromatic nitrogens is 1. The second-order valence-electron chi connectivity index (χ2n) is 6.37. The zero-order valence-corrected chi connectivity index (χ0v) is 15.5. The number of nitrogens with two attached hydrogens (primary N) is 1. The van der Waals surface area contributed by atoms with Crippen LogP contribution in [-0.4, -0.2) is 23.2 Å². The molecule has 1 atom stereocenters. The number of rotatable bonds is 6. The van der Waals surface area contributed by atoms with Gasteiger partial charge >= 0.3 is 0 Å². The lowest BCUT2D eigenvalue weighted by Gasteiger charge is -2.14. The summed E-state index contributed by atoms with van der Waals surface area (Å²) in [6.07, 6.45) is 1.95. The van der Waals surface area contributed by atoms with E-state index in [0.717, 1.165) is 28.6 Å². The van der Waals surface area contributed by atoms with E-state index in [2.05, 4.69) is 4.98 Å². The van der Waals surface area contributed by atoms with E-state index in [-0.39, 0.29) is 12.0 Å². The second kappa shape index (κ2) is 7.02. The minimum Gasteiger partial charge on any atom is -0.361 e. The Hall–Kier alpha value is -3.31. The van der Waals surface area contributed by atoms with Crippen LogP contribution in [0, 0.1) is 20.2 Å². The first-order chi connectivity index (χ1) is 13.1. The van der Waals surface area contributed by atoms with Crippen LogP contribution in [-0.2, 0) is 16.4 Å². The molecule has 1 heterocycles. The number of hydrogen-bond donors (Lipinski definition) is 2. The standard InChI is InChI=1S/C17H16N4O6S/c1-10(8-11-9-19-13-5-3-2-4-12(11)13)16-14(20(22)23)6-7-15(28(18,26)27)17(16)21(24)25/h2-7,9-10,19H,8H2,1H3,(H2,18,26,27). The molecule has 10 nitrogen and oxygen atoms in total. The van der Waals surface area contributed by atoms with E-state index in [4.69, 9.17) is 5.14 Å². The van der Waals surface area contributed by atoms with Gasteiger partial charge in [-0.15, -0.1) is 0 Å². The molecule has 0 bridgehead atoms. The van der Waals surface area contributed by atoms with Gasteiger partial charge in [-0.3, -0.25) is 20.2 Å². The highest BCUT2D eigenvalue weighted by molar-refractivity contribution is 7.89. The van der Waals surface area contributed by atoms with E-state index in [9.17, 15) is 28.6 Å². The number of nitrogens with one attached hydrogen (secondary N) is 1. The maximum Gasteiger partial charge on any atom is 0.299 e. The van der Waals surface area contributed by atoms with Gasteiger partial charge < -0.3 is 4.98 Å². The molecule has 3 N–H and O–H groups in total. The normalized spacial score (nSPS) is 12.8. The zero-order chi connectivity index (χ0) is 20.6. The molecule has 0 fully saturated rings. The van der Waals surface area contributed by atoms with Gasteiger partial charge in [-0.2, -0.15) is 0 Å². The summed E-state index contributed by atoms with van der Waals surface area (Å²) in [5.41, 5.74) is 0.00183. The number of nitrogens with zero attached hydrogens (tertiary/aromatic N) is 2.